The molecule has 15 heavy (non-hydrogen) atoms. The second-order valence-electron chi connectivity index (χ2n) is 3.42. The van der Waals surface area contributed by atoms with Gasteiger partial charge in [0.1, 0.15) is 11.9 Å². The van der Waals surface area contributed by atoms with Crippen LogP contribution < -0.4 is 11.5 Å². The number of hydrogen-bond acceptors (Lipinski definition) is 3. The lowest BCUT2D eigenvalue weighted by molar-refractivity contribution is -0.138. The number of rotatable bonds is 7. The Morgan fingerprint density at radius 1 is 1.67 bits per heavy atom. The fourth-order valence-corrected chi connectivity index (χ4v) is 0.908. The van der Waals surface area contributed by atoms with Crippen molar-refractivity contribution in [1.82, 2.24) is 0 Å². The summed E-state index contributed by atoms with van der Waals surface area (Å²) in [6, 6.07) is -0.807. The first kappa shape index (κ1) is 13.6. The first-order valence-electron chi connectivity index (χ1n) is 4.89. The molecule has 0 aliphatic carbocycles. The fourth-order valence-electron chi connectivity index (χ4n) is 0.908. The van der Waals surface area contributed by atoms with Crippen LogP contribution in [0.3, 0.4) is 0 Å². The molecule has 0 bridgehead atoms. The van der Waals surface area contributed by atoms with Crippen LogP contribution in [0.15, 0.2) is 17.6 Å². The van der Waals surface area contributed by atoms with Gasteiger partial charge in [-0.3, -0.25) is 9.79 Å². The topological polar surface area (TPSA) is 102 Å². The van der Waals surface area contributed by atoms with Crippen LogP contribution in [-0.4, -0.2) is 29.5 Å². The van der Waals surface area contributed by atoms with Crippen molar-refractivity contribution in [1.29, 1.82) is 0 Å². The van der Waals surface area contributed by atoms with Gasteiger partial charge in [0, 0.05) is 12.5 Å². The van der Waals surface area contributed by atoms with E-state index < -0.39 is 12.0 Å². The SMILES string of the molecule is C=CC(C)C(N)=NCCC[C@H](N)C(=O)O. The molecule has 0 aromatic rings. The fraction of sp³-hybridized carbons (Fsp3) is 0.600. The minimum Gasteiger partial charge on any atom is -0.480 e. The molecule has 0 amide bonds. The highest BCUT2D eigenvalue weighted by atomic mass is 16.4. The first-order chi connectivity index (χ1) is 6.99. The molecule has 0 aromatic carbocycles. The Labute approximate surface area is 89.9 Å². The molecule has 86 valence electrons. The van der Waals surface area contributed by atoms with Crippen molar-refractivity contribution >= 4 is 11.8 Å². The Hall–Kier alpha value is -1.36. The van der Waals surface area contributed by atoms with E-state index in [2.05, 4.69) is 11.6 Å². The summed E-state index contributed by atoms with van der Waals surface area (Å²) in [5.41, 5.74) is 11.0. The molecule has 5 nitrogen and oxygen atoms in total. The van der Waals surface area contributed by atoms with E-state index in [1.165, 1.54) is 0 Å². The van der Waals surface area contributed by atoms with Crippen LogP contribution in [0, 0.1) is 5.92 Å². The standard InChI is InChI=1S/C10H19N3O2/c1-3-7(2)9(12)13-6-4-5-8(11)10(14)15/h3,7-8H,1,4-6,11H2,2H3,(H2,12,13)(H,14,15)/t7?,8-/m0/s1. The number of carboxylic acids is 1. The zero-order valence-electron chi connectivity index (χ0n) is 9.02. The first-order valence-corrected chi connectivity index (χ1v) is 4.89. The molecular weight excluding hydrogens is 194 g/mol. The maximum atomic E-state index is 10.4. The van der Waals surface area contributed by atoms with E-state index >= 15 is 0 Å². The summed E-state index contributed by atoms with van der Waals surface area (Å²) in [6.45, 7) is 6.01. The van der Waals surface area contributed by atoms with Crippen LogP contribution in [0.1, 0.15) is 19.8 Å². The average molecular weight is 213 g/mol. The number of aliphatic imine (C=N–C) groups is 1. The Kier molecular flexibility index (Phi) is 6.37. The molecule has 5 N–H and O–H groups in total. The quantitative estimate of drug-likeness (QED) is 0.246. The van der Waals surface area contributed by atoms with Gasteiger partial charge >= 0.3 is 5.97 Å². The van der Waals surface area contributed by atoms with Gasteiger partial charge in [0.05, 0.1) is 0 Å². The van der Waals surface area contributed by atoms with Crippen LogP contribution in [0.25, 0.3) is 0 Å². The lowest BCUT2D eigenvalue weighted by atomic mass is 10.1. The van der Waals surface area contributed by atoms with Crippen molar-refractivity contribution in [3.63, 3.8) is 0 Å². The van der Waals surface area contributed by atoms with E-state index in [-0.39, 0.29) is 5.92 Å². The molecule has 0 aliphatic rings. The van der Waals surface area contributed by atoms with Gasteiger partial charge < -0.3 is 16.6 Å². The molecule has 2 atom stereocenters. The number of nitrogens with zero attached hydrogens (tertiary/aromatic N) is 1. The lowest BCUT2D eigenvalue weighted by Crippen LogP contribution is -2.30. The maximum absolute atomic E-state index is 10.4. The summed E-state index contributed by atoms with van der Waals surface area (Å²) in [4.78, 5) is 14.5. The van der Waals surface area contributed by atoms with Crippen LogP contribution in [-0.2, 0) is 4.79 Å². The van der Waals surface area contributed by atoms with Crippen molar-refractivity contribution in [2.75, 3.05) is 6.54 Å². The molecule has 0 aliphatic heterocycles. The smallest absolute Gasteiger partial charge is 0.320 e. The third kappa shape index (κ3) is 5.85. The van der Waals surface area contributed by atoms with Crippen LogP contribution in [0.2, 0.25) is 0 Å². The van der Waals surface area contributed by atoms with E-state index in [9.17, 15) is 4.79 Å². The molecule has 0 saturated heterocycles. The third-order valence-corrected chi connectivity index (χ3v) is 2.10. The number of amidine groups is 1. The molecule has 0 fully saturated rings. The number of carbonyl (C=O) groups is 1. The zero-order valence-corrected chi connectivity index (χ0v) is 9.02. The van der Waals surface area contributed by atoms with Gasteiger partial charge in [0.2, 0.25) is 0 Å². The summed E-state index contributed by atoms with van der Waals surface area (Å²) in [7, 11) is 0. The van der Waals surface area contributed by atoms with E-state index in [1.807, 2.05) is 6.92 Å². The molecule has 0 aromatic heterocycles. The lowest BCUT2D eigenvalue weighted by Gasteiger charge is -2.06. The second-order valence-corrected chi connectivity index (χ2v) is 3.42. The predicted molar refractivity (Wildman–Crippen MR) is 60.7 cm³/mol. The number of carboxylic acid groups (broad SMARTS) is 1. The molecule has 0 rings (SSSR count). The van der Waals surface area contributed by atoms with Crippen molar-refractivity contribution in [3.8, 4) is 0 Å². The van der Waals surface area contributed by atoms with Gasteiger partial charge in [0.25, 0.3) is 0 Å². The molecule has 0 heterocycles. The molecular formula is C10H19N3O2. The maximum Gasteiger partial charge on any atom is 0.320 e. The van der Waals surface area contributed by atoms with E-state index in [0.29, 0.717) is 25.2 Å². The van der Waals surface area contributed by atoms with Gasteiger partial charge in [-0.25, -0.2) is 0 Å². The van der Waals surface area contributed by atoms with Crippen LogP contribution in [0.4, 0.5) is 0 Å². The third-order valence-electron chi connectivity index (χ3n) is 2.10. The highest BCUT2D eigenvalue weighted by Crippen LogP contribution is 1.98. The van der Waals surface area contributed by atoms with Gasteiger partial charge in [-0.1, -0.05) is 13.0 Å². The Morgan fingerprint density at radius 2 is 2.27 bits per heavy atom. The summed E-state index contributed by atoms with van der Waals surface area (Å²) in [6.07, 6.45) is 2.74. The summed E-state index contributed by atoms with van der Waals surface area (Å²) in [5, 5.41) is 8.52. The predicted octanol–water partition coefficient (Wildman–Crippen LogP) is 0.358. The second kappa shape index (κ2) is 7.00. The Bertz CT molecular complexity index is 251. The highest BCUT2D eigenvalue weighted by molar-refractivity contribution is 5.83. The monoisotopic (exact) mass is 213 g/mol. The summed E-state index contributed by atoms with van der Waals surface area (Å²) in [5.74, 6) is -0.404. The van der Waals surface area contributed by atoms with Gasteiger partial charge in [-0.2, -0.15) is 0 Å². The van der Waals surface area contributed by atoms with E-state index in [0.717, 1.165) is 0 Å². The van der Waals surface area contributed by atoms with E-state index in [1.54, 1.807) is 6.08 Å². The highest BCUT2D eigenvalue weighted by Gasteiger charge is 2.09. The van der Waals surface area contributed by atoms with Crippen molar-refractivity contribution in [2.45, 2.75) is 25.8 Å². The normalized spacial score (nSPS) is 15.7. The molecule has 0 saturated carbocycles. The Morgan fingerprint density at radius 3 is 2.73 bits per heavy atom. The molecule has 5 heteroatoms. The van der Waals surface area contributed by atoms with Gasteiger partial charge in [-0.15, -0.1) is 6.58 Å². The zero-order chi connectivity index (χ0) is 11.8. The van der Waals surface area contributed by atoms with Crippen molar-refractivity contribution < 1.29 is 9.90 Å². The van der Waals surface area contributed by atoms with Crippen molar-refractivity contribution in [2.24, 2.45) is 22.4 Å². The largest absolute Gasteiger partial charge is 0.480 e. The average Bonchev–Trinajstić information content (AvgIpc) is 2.22. The van der Waals surface area contributed by atoms with Crippen molar-refractivity contribution in [3.05, 3.63) is 12.7 Å². The summed E-state index contributed by atoms with van der Waals surface area (Å²) < 4.78 is 0. The Balaban J connectivity index is 3.79. The molecule has 0 radical (unpaired) electrons. The number of aliphatic carboxylic acids is 1. The van der Waals surface area contributed by atoms with Crippen LogP contribution >= 0.6 is 0 Å². The number of nitrogens with two attached hydrogens (primary N) is 2. The van der Waals surface area contributed by atoms with Gasteiger partial charge in [0.15, 0.2) is 0 Å². The summed E-state index contributed by atoms with van der Waals surface area (Å²) >= 11 is 0. The van der Waals surface area contributed by atoms with E-state index in [4.69, 9.17) is 16.6 Å². The van der Waals surface area contributed by atoms with Crippen LogP contribution in [0.5, 0.6) is 0 Å². The number of hydrogen-bond donors (Lipinski definition) is 3. The molecule has 0 spiro atoms. The molecule has 1 unspecified atom stereocenters. The minimum atomic E-state index is -0.980. The minimum absolute atomic E-state index is 0.0538. The van der Waals surface area contributed by atoms with Gasteiger partial charge in [-0.05, 0) is 12.8 Å².